The number of aromatic nitrogens is 2. The van der Waals surface area contributed by atoms with Crippen LogP contribution in [0.1, 0.15) is 37.0 Å². The Bertz CT molecular complexity index is 402. The average molecular weight is 227 g/mol. The van der Waals surface area contributed by atoms with Gasteiger partial charge in [-0.2, -0.15) is 0 Å². The van der Waals surface area contributed by atoms with Gasteiger partial charge in [-0.1, -0.05) is 20.8 Å². The van der Waals surface area contributed by atoms with Crippen molar-refractivity contribution in [1.29, 1.82) is 0 Å². The van der Waals surface area contributed by atoms with Crippen molar-refractivity contribution >= 4 is 11.8 Å². The lowest BCUT2D eigenvalue weighted by Gasteiger charge is -2.18. The van der Waals surface area contributed by atoms with Gasteiger partial charge < -0.3 is 10.5 Å². The first-order valence-corrected chi connectivity index (χ1v) is 4.72. The first-order valence-electron chi connectivity index (χ1n) is 4.72. The monoisotopic (exact) mass is 227 g/mol. The van der Waals surface area contributed by atoms with Crippen LogP contribution in [-0.2, 0) is 10.2 Å². The number of hydrogen-bond acceptors (Lipinski definition) is 5. The van der Waals surface area contributed by atoms with E-state index in [2.05, 4.69) is 14.7 Å². The van der Waals surface area contributed by atoms with Crippen LogP contribution in [0.25, 0.3) is 0 Å². The summed E-state index contributed by atoms with van der Waals surface area (Å²) in [6.07, 6.45) is 1.23. The number of esters is 1. The molecule has 6 heteroatoms. The van der Waals surface area contributed by atoms with Crippen molar-refractivity contribution in [1.82, 2.24) is 9.97 Å². The van der Waals surface area contributed by atoms with Crippen molar-refractivity contribution in [2.24, 2.45) is 0 Å². The molecule has 1 aromatic heterocycles. The maximum Gasteiger partial charge on any atom is 0.360 e. The highest BCUT2D eigenvalue weighted by Gasteiger charge is 2.21. The number of carbonyl (C=O) groups excluding carboxylic acids is 1. The van der Waals surface area contributed by atoms with Crippen LogP contribution >= 0.6 is 0 Å². The van der Waals surface area contributed by atoms with Gasteiger partial charge >= 0.3 is 5.97 Å². The van der Waals surface area contributed by atoms with Crippen molar-refractivity contribution in [3.05, 3.63) is 17.6 Å². The molecular formula is C10H14FN3O2. The molecule has 1 rings (SSSR count). The Balaban J connectivity index is 3.05. The summed E-state index contributed by atoms with van der Waals surface area (Å²) in [6.45, 7) is 4.58. The van der Waals surface area contributed by atoms with Gasteiger partial charge in [-0.15, -0.1) is 0 Å². The molecule has 2 N–H and O–H groups in total. The van der Waals surface area contributed by atoms with Gasteiger partial charge in [-0.3, -0.25) is 4.98 Å². The van der Waals surface area contributed by atoms with Gasteiger partial charge in [0.25, 0.3) is 0 Å². The molecule has 1 aromatic rings. The Kier molecular flexibility index (Phi) is 3.41. The normalized spacial score (nSPS) is 11.2. The quantitative estimate of drug-likeness (QED) is 0.773. The minimum absolute atomic E-state index is 0.0943. The van der Waals surface area contributed by atoms with Crippen molar-refractivity contribution in [2.75, 3.05) is 12.6 Å². The van der Waals surface area contributed by atoms with Gasteiger partial charge in [0, 0.05) is 5.41 Å². The van der Waals surface area contributed by atoms with Crippen LogP contribution in [0.3, 0.4) is 0 Å². The summed E-state index contributed by atoms with van der Waals surface area (Å²) < 4.78 is 15.9. The van der Waals surface area contributed by atoms with Gasteiger partial charge in [-0.25, -0.2) is 14.2 Å². The second-order valence-electron chi connectivity index (χ2n) is 4.28. The van der Waals surface area contributed by atoms with Crippen LogP contribution in [-0.4, -0.2) is 22.8 Å². The third kappa shape index (κ3) is 2.65. The van der Waals surface area contributed by atoms with E-state index in [0.29, 0.717) is 5.69 Å². The van der Waals surface area contributed by atoms with Crippen LogP contribution < -0.4 is 5.73 Å². The molecule has 0 unspecified atom stereocenters. The lowest BCUT2D eigenvalue weighted by Crippen LogP contribution is -2.19. The molecule has 0 aliphatic rings. The fourth-order valence-electron chi connectivity index (χ4n) is 1.20. The molecule has 0 aliphatic carbocycles. The molecule has 0 aliphatic heterocycles. The molecule has 0 saturated carbocycles. The summed E-state index contributed by atoms with van der Waals surface area (Å²) in [5, 5.41) is 0. The molecule has 0 spiro atoms. The number of alkyl halides is 1. The van der Waals surface area contributed by atoms with E-state index in [0.717, 1.165) is 0 Å². The van der Waals surface area contributed by atoms with Crippen LogP contribution in [0.15, 0.2) is 6.20 Å². The third-order valence-corrected chi connectivity index (χ3v) is 1.90. The summed E-state index contributed by atoms with van der Waals surface area (Å²) in [4.78, 5) is 19.0. The van der Waals surface area contributed by atoms with E-state index in [-0.39, 0.29) is 16.9 Å². The Labute approximate surface area is 92.8 Å². The van der Waals surface area contributed by atoms with E-state index < -0.39 is 12.8 Å². The third-order valence-electron chi connectivity index (χ3n) is 1.90. The molecule has 0 radical (unpaired) electrons. The van der Waals surface area contributed by atoms with Crippen molar-refractivity contribution in [3.63, 3.8) is 0 Å². The number of anilines is 1. The molecule has 88 valence electrons. The lowest BCUT2D eigenvalue weighted by atomic mass is 9.92. The predicted octanol–water partition coefficient (Wildman–Crippen LogP) is 1.44. The largest absolute Gasteiger partial charge is 0.429 e. The number of ether oxygens (including phenoxy) is 1. The molecule has 0 amide bonds. The fourth-order valence-corrected chi connectivity index (χ4v) is 1.20. The standard InChI is InChI=1S/C10H14FN3O2/c1-10(2,3)7-8(12)14-6(4-13-7)9(15)16-5-11/h4H,5H2,1-3H3,(H2,12,14). The Hall–Kier alpha value is -1.72. The Morgan fingerprint density at radius 3 is 2.62 bits per heavy atom. The zero-order valence-corrected chi connectivity index (χ0v) is 9.45. The average Bonchev–Trinajstić information content (AvgIpc) is 2.16. The van der Waals surface area contributed by atoms with Crippen LogP contribution in [0.4, 0.5) is 10.2 Å². The van der Waals surface area contributed by atoms with E-state index in [1.165, 1.54) is 6.20 Å². The summed E-state index contributed by atoms with van der Waals surface area (Å²) in [5.41, 5.74) is 5.90. The molecule has 0 saturated heterocycles. The van der Waals surface area contributed by atoms with Gasteiger partial charge in [0.1, 0.15) is 5.82 Å². The minimum Gasteiger partial charge on any atom is -0.429 e. The maximum atomic E-state index is 11.8. The summed E-state index contributed by atoms with van der Waals surface area (Å²) in [7, 11) is 0. The topological polar surface area (TPSA) is 78.1 Å². The first-order chi connectivity index (χ1) is 7.36. The molecule has 16 heavy (non-hydrogen) atoms. The van der Waals surface area contributed by atoms with E-state index in [9.17, 15) is 9.18 Å². The lowest BCUT2D eigenvalue weighted by molar-refractivity contribution is 0.0317. The van der Waals surface area contributed by atoms with Gasteiger partial charge in [0.15, 0.2) is 5.69 Å². The molecular weight excluding hydrogens is 213 g/mol. The van der Waals surface area contributed by atoms with Gasteiger partial charge in [0.2, 0.25) is 6.86 Å². The molecule has 0 fully saturated rings. The number of halogens is 1. The van der Waals surface area contributed by atoms with Gasteiger partial charge in [-0.05, 0) is 0 Å². The SMILES string of the molecule is CC(C)(C)c1ncc(C(=O)OCF)nc1N. The smallest absolute Gasteiger partial charge is 0.360 e. The highest BCUT2D eigenvalue weighted by atomic mass is 19.1. The molecule has 5 nitrogen and oxygen atoms in total. The summed E-state index contributed by atoms with van der Waals surface area (Å²) in [6, 6.07) is 0. The fraction of sp³-hybridized carbons (Fsp3) is 0.500. The second-order valence-corrected chi connectivity index (χ2v) is 4.28. The highest BCUT2D eigenvalue weighted by Crippen LogP contribution is 2.24. The number of nitrogens with zero attached hydrogens (tertiary/aromatic N) is 2. The van der Waals surface area contributed by atoms with Crippen molar-refractivity contribution < 1.29 is 13.9 Å². The summed E-state index contributed by atoms with van der Waals surface area (Å²) >= 11 is 0. The summed E-state index contributed by atoms with van der Waals surface area (Å²) in [5.74, 6) is -0.719. The number of nitrogen functional groups attached to an aromatic ring is 1. The first kappa shape index (κ1) is 12.4. The number of rotatable bonds is 2. The van der Waals surface area contributed by atoms with Crippen LogP contribution in [0.2, 0.25) is 0 Å². The highest BCUT2D eigenvalue weighted by molar-refractivity contribution is 5.87. The Morgan fingerprint density at radius 2 is 2.19 bits per heavy atom. The van der Waals surface area contributed by atoms with E-state index in [1.807, 2.05) is 20.8 Å². The predicted molar refractivity (Wildman–Crippen MR) is 56.5 cm³/mol. The minimum atomic E-state index is -1.19. The van der Waals surface area contributed by atoms with Gasteiger partial charge in [0.05, 0.1) is 11.9 Å². The van der Waals surface area contributed by atoms with E-state index >= 15 is 0 Å². The molecule has 0 bridgehead atoms. The van der Waals surface area contributed by atoms with Crippen molar-refractivity contribution in [2.45, 2.75) is 26.2 Å². The zero-order chi connectivity index (χ0) is 12.3. The second kappa shape index (κ2) is 4.42. The molecule has 1 heterocycles. The Morgan fingerprint density at radius 1 is 1.56 bits per heavy atom. The van der Waals surface area contributed by atoms with Crippen LogP contribution in [0, 0.1) is 0 Å². The van der Waals surface area contributed by atoms with Crippen molar-refractivity contribution in [3.8, 4) is 0 Å². The zero-order valence-electron chi connectivity index (χ0n) is 9.45. The number of nitrogens with two attached hydrogens (primary N) is 1. The number of hydrogen-bond donors (Lipinski definition) is 1. The molecule has 0 atom stereocenters. The van der Waals surface area contributed by atoms with Crippen LogP contribution in [0.5, 0.6) is 0 Å². The number of carbonyl (C=O) groups is 1. The van der Waals surface area contributed by atoms with E-state index in [1.54, 1.807) is 0 Å². The molecule has 0 aromatic carbocycles. The maximum absolute atomic E-state index is 11.8. The van der Waals surface area contributed by atoms with E-state index in [4.69, 9.17) is 5.73 Å².